The molecule has 0 saturated carbocycles. The average molecular weight is 235 g/mol. The number of aliphatic hydroxyl groups is 1. The summed E-state index contributed by atoms with van der Waals surface area (Å²) >= 11 is 0. The van der Waals surface area contributed by atoms with E-state index >= 15 is 0 Å². The van der Waals surface area contributed by atoms with Crippen molar-refractivity contribution >= 4 is 0 Å². The Kier molecular flexibility index (Phi) is 4.48. The Morgan fingerprint density at radius 3 is 3.00 bits per heavy atom. The van der Waals surface area contributed by atoms with Crippen molar-refractivity contribution in [2.75, 3.05) is 33.3 Å². The standard InChI is InChI=1S/C13H21N3O/c1-15-7-4-8-16(13(10-15)11-17)9-12-5-2-3-6-14-12/h2-3,5-6,13,17H,4,7-11H2,1H3. The summed E-state index contributed by atoms with van der Waals surface area (Å²) < 4.78 is 0. The summed E-state index contributed by atoms with van der Waals surface area (Å²) in [4.78, 5) is 8.98. The summed E-state index contributed by atoms with van der Waals surface area (Å²) in [5.41, 5.74) is 1.08. The summed E-state index contributed by atoms with van der Waals surface area (Å²) in [7, 11) is 2.12. The normalized spacial score (nSPS) is 23.5. The molecule has 1 aromatic heterocycles. The van der Waals surface area contributed by atoms with Crippen molar-refractivity contribution in [1.29, 1.82) is 0 Å². The van der Waals surface area contributed by atoms with E-state index in [9.17, 15) is 5.11 Å². The van der Waals surface area contributed by atoms with Crippen LogP contribution in [0.5, 0.6) is 0 Å². The molecule has 0 aliphatic carbocycles. The topological polar surface area (TPSA) is 39.6 Å². The fraction of sp³-hybridized carbons (Fsp3) is 0.615. The van der Waals surface area contributed by atoms with E-state index in [2.05, 4.69) is 21.8 Å². The van der Waals surface area contributed by atoms with E-state index in [1.54, 1.807) is 0 Å². The highest BCUT2D eigenvalue weighted by Crippen LogP contribution is 2.12. The molecule has 0 bridgehead atoms. The zero-order valence-electron chi connectivity index (χ0n) is 10.4. The van der Waals surface area contributed by atoms with E-state index in [1.807, 2.05) is 24.4 Å². The van der Waals surface area contributed by atoms with Crippen molar-refractivity contribution in [2.45, 2.75) is 19.0 Å². The molecule has 0 spiro atoms. The minimum atomic E-state index is 0.219. The van der Waals surface area contributed by atoms with Crippen LogP contribution in [0.3, 0.4) is 0 Å². The van der Waals surface area contributed by atoms with Crippen molar-refractivity contribution < 1.29 is 5.11 Å². The number of nitrogens with zero attached hydrogens (tertiary/aromatic N) is 3. The Morgan fingerprint density at radius 2 is 2.29 bits per heavy atom. The third kappa shape index (κ3) is 3.49. The van der Waals surface area contributed by atoms with Crippen LogP contribution in [0, 0.1) is 0 Å². The maximum Gasteiger partial charge on any atom is 0.0599 e. The van der Waals surface area contributed by atoms with E-state index < -0.39 is 0 Å². The van der Waals surface area contributed by atoms with Crippen molar-refractivity contribution in [3.05, 3.63) is 30.1 Å². The zero-order chi connectivity index (χ0) is 12.1. The fourth-order valence-electron chi connectivity index (χ4n) is 2.37. The SMILES string of the molecule is CN1CCCN(Cc2ccccn2)C(CO)C1. The van der Waals surface area contributed by atoms with Gasteiger partial charge in [0.1, 0.15) is 0 Å². The highest BCUT2D eigenvalue weighted by molar-refractivity contribution is 5.03. The number of pyridine rings is 1. The van der Waals surface area contributed by atoms with Crippen LogP contribution >= 0.6 is 0 Å². The first kappa shape index (κ1) is 12.5. The molecule has 4 nitrogen and oxygen atoms in total. The van der Waals surface area contributed by atoms with E-state index in [0.29, 0.717) is 0 Å². The van der Waals surface area contributed by atoms with Crippen LogP contribution in [0.2, 0.25) is 0 Å². The van der Waals surface area contributed by atoms with Crippen LogP contribution in [-0.2, 0) is 6.54 Å². The molecule has 1 aliphatic rings. The van der Waals surface area contributed by atoms with Gasteiger partial charge in [0.05, 0.1) is 12.3 Å². The van der Waals surface area contributed by atoms with Crippen LogP contribution < -0.4 is 0 Å². The molecule has 0 radical (unpaired) electrons. The Balaban J connectivity index is 2.02. The first-order valence-corrected chi connectivity index (χ1v) is 6.23. The number of aliphatic hydroxyl groups excluding tert-OH is 1. The molecule has 1 aromatic rings. The monoisotopic (exact) mass is 235 g/mol. The maximum absolute atomic E-state index is 9.49. The Bertz CT molecular complexity index is 331. The van der Waals surface area contributed by atoms with Gasteiger partial charge in [-0.3, -0.25) is 9.88 Å². The molecule has 2 heterocycles. The maximum atomic E-state index is 9.49. The van der Waals surface area contributed by atoms with Crippen molar-refractivity contribution in [1.82, 2.24) is 14.8 Å². The lowest BCUT2D eigenvalue weighted by Crippen LogP contribution is -2.42. The van der Waals surface area contributed by atoms with Gasteiger partial charge < -0.3 is 10.0 Å². The molecule has 1 fully saturated rings. The molecule has 4 heteroatoms. The van der Waals surface area contributed by atoms with E-state index in [0.717, 1.165) is 38.3 Å². The fourth-order valence-corrected chi connectivity index (χ4v) is 2.37. The zero-order valence-corrected chi connectivity index (χ0v) is 10.4. The van der Waals surface area contributed by atoms with Gasteiger partial charge in [0.25, 0.3) is 0 Å². The molecule has 2 rings (SSSR count). The molecule has 1 atom stereocenters. The van der Waals surface area contributed by atoms with Gasteiger partial charge in [-0.05, 0) is 32.1 Å². The molecule has 0 aromatic carbocycles. The molecular formula is C13H21N3O. The quantitative estimate of drug-likeness (QED) is 0.832. The number of aromatic nitrogens is 1. The number of rotatable bonds is 3. The predicted octanol–water partition coefficient (Wildman–Crippen LogP) is 0.580. The lowest BCUT2D eigenvalue weighted by atomic mass is 10.2. The largest absolute Gasteiger partial charge is 0.395 e. The summed E-state index contributed by atoms with van der Waals surface area (Å²) in [6.45, 7) is 4.13. The third-order valence-corrected chi connectivity index (χ3v) is 3.33. The highest BCUT2D eigenvalue weighted by atomic mass is 16.3. The van der Waals surface area contributed by atoms with Crippen LogP contribution in [-0.4, -0.2) is 59.2 Å². The van der Waals surface area contributed by atoms with Gasteiger partial charge in [-0.1, -0.05) is 6.07 Å². The van der Waals surface area contributed by atoms with Crippen molar-refractivity contribution in [3.63, 3.8) is 0 Å². The lowest BCUT2D eigenvalue weighted by molar-refractivity contribution is 0.110. The Morgan fingerprint density at radius 1 is 1.41 bits per heavy atom. The smallest absolute Gasteiger partial charge is 0.0599 e. The van der Waals surface area contributed by atoms with E-state index in [4.69, 9.17) is 0 Å². The highest BCUT2D eigenvalue weighted by Gasteiger charge is 2.22. The van der Waals surface area contributed by atoms with Crippen LogP contribution in [0.4, 0.5) is 0 Å². The number of hydrogen-bond acceptors (Lipinski definition) is 4. The number of hydrogen-bond donors (Lipinski definition) is 1. The molecule has 1 saturated heterocycles. The second-order valence-corrected chi connectivity index (χ2v) is 4.74. The van der Waals surface area contributed by atoms with Gasteiger partial charge in [0.15, 0.2) is 0 Å². The molecular weight excluding hydrogens is 214 g/mol. The Hall–Kier alpha value is -0.970. The van der Waals surface area contributed by atoms with Crippen molar-refractivity contribution in [3.8, 4) is 0 Å². The van der Waals surface area contributed by atoms with Crippen molar-refractivity contribution in [2.24, 2.45) is 0 Å². The van der Waals surface area contributed by atoms with Crippen LogP contribution in [0.15, 0.2) is 24.4 Å². The van der Waals surface area contributed by atoms with Crippen LogP contribution in [0.25, 0.3) is 0 Å². The van der Waals surface area contributed by atoms with E-state index in [-0.39, 0.29) is 12.6 Å². The third-order valence-electron chi connectivity index (χ3n) is 3.33. The molecule has 1 N–H and O–H groups in total. The predicted molar refractivity (Wildman–Crippen MR) is 67.6 cm³/mol. The first-order chi connectivity index (χ1) is 8.29. The van der Waals surface area contributed by atoms with Gasteiger partial charge in [-0.25, -0.2) is 0 Å². The number of likely N-dealkylation sites (N-methyl/N-ethyl adjacent to an activating group) is 1. The summed E-state index contributed by atoms with van der Waals surface area (Å²) in [6.07, 6.45) is 2.98. The molecule has 0 amide bonds. The van der Waals surface area contributed by atoms with Crippen LogP contribution in [0.1, 0.15) is 12.1 Å². The minimum Gasteiger partial charge on any atom is -0.395 e. The molecule has 1 aliphatic heterocycles. The second kappa shape index (κ2) is 6.10. The average Bonchev–Trinajstić information content (AvgIpc) is 2.52. The Labute approximate surface area is 103 Å². The summed E-state index contributed by atoms with van der Waals surface area (Å²) in [6, 6.07) is 6.22. The molecule has 17 heavy (non-hydrogen) atoms. The summed E-state index contributed by atoms with van der Waals surface area (Å²) in [5.74, 6) is 0. The van der Waals surface area contributed by atoms with Gasteiger partial charge in [-0.15, -0.1) is 0 Å². The summed E-state index contributed by atoms with van der Waals surface area (Å²) in [5, 5.41) is 9.49. The molecule has 1 unspecified atom stereocenters. The first-order valence-electron chi connectivity index (χ1n) is 6.23. The van der Waals surface area contributed by atoms with E-state index in [1.165, 1.54) is 0 Å². The van der Waals surface area contributed by atoms with Gasteiger partial charge in [0.2, 0.25) is 0 Å². The second-order valence-electron chi connectivity index (χ2n) is 4.74. The van der Waals surface area contributed by atoms with Gasteiger partial charge in [-0.2, -0.15) is 0 Å². The lowest BCUT2D eigenvalue weighted by Gasteiger charge is -2.29. The minimum absolute atomic E-state index is 0.219. The van der Waals surface area contributed by atoms with Gasteiger partial charge >= 0.3 is 0 Å². The van der Waals surface area contributed by atoms with Gasteiger partial charge in [0, 0.05) is 31.9 Å². The molecule has 94 valence electrons.